The number of hydrogen-bond acceptors (Lipinski definition) is 4. The number of nitrogens with zero attached hydrogens (tertiary/aromatic N) is 3. The van der Waals surface area contributed by atoms with E-state index in [0.29, 0.717) is 5.95 Å². The quantitative estimate of drug-likeness (QED) is 0.190. The number of para-hydroxylation sites is 1. The van der Waals surface area contributed by atoms with E-state index in [1.807, 2.05) is 54.1 Å². The highest BCUT2D eigenvalue weighted by Gasteiger charge is 2.37. The average Bonchev–Trinajstić information content (AvgIpc) is 3.57. The van der Waals surface area contributed by atoms with Crippen molar-refractivity contribution in [3.63, 3.8) is 0 Å². The molecule has 0 spiro atoms. The number of benzene rings is 6. The van der Waals surface area contributed by atoms with E-state index in [4.69, 9.17) is 9.97 Å². The van der Waals surface area contributed by atoms with E-state index in [9.17, 15) is 0 Å². The SMILES string of the molecule is CC1(C)c2cc(-c3ccc4c(c3)c3ccccc3n4-c3ncc(-c4ccccc4)cn3)ccc2-c2cc3c(cc21)Sc1ccccc1S3. The van der Waals surface area contributed by atoms with Crippen molar-refractivity contribution < 1.29 is 0 Å². The fourth-order valence-corrected chi connectivity index (χ4v) is 9.80. The third kappa shape index (κ3) is 4.17. The summed E-state index contributed by atoms with van der Waals surface area (Å²) in [6.45, 7) is 4.75. The van der Waals surface area contributed by atoms with Crippen molar-refractivity contribution >= 4 is 45.3 Å². The minimum Gasteiger partial charge on any atom is -0.278 e. The van der Waals surface area contributed by atoms with Crippen molar-refractivity contribution in [3.05, 3.63) is 151 Å². The standard InChI is InChI=1S/C43H29N3S2/c1-43(2)34-21-28(16-18-30(34)32-22-40-41(23-35(32)43)48-39-15-9-8-14-38(39)47-40)27-17-19-37-33(20-27)31-12-6-7-13-36(31)46(37)42-44-24-29(25-45-42)26-10-4-3-5-11-26/h3-25H,1-2H3. The van der Waals surface area contributed by atoms with Gasteiger partial charge in [-0.2, -0.15) is 0 Å². The van der Waals surface area contributed by atoms with Crippen LogP contribution in [0.4, 0.5) is 0 Å². The number of rotatable bonds is 3. The molecule has 2 aromatic heterocycles. The molecule has 0 saturated carbocycles. The van der Waals surface area contributed by atoms with Gasteiger partial charge in [-0.1, -0.05) is 116 Å². The van der Waals surface area contributed by atoms with Gasteiger partial charge in [-0.05, 0) is 87.5 Å². The van der Waals surface area contributed by atoms with E-state index >= 15 is 0 Å². The second-order valence-corrected chi connectivity index (χ2v) is 15.3. The van der Waals surface area contributed by atoms with Gasteiger partial charge in [0, 0.05) is 53.7 Å². The molecule has 1 aliphatic heterocycles. The molecule has 0 saturated heterocycles. The highest BCUT2D eigenvalue weighted by Crippen LogP contribution is 2.56. The molecule has 1 aliphatic carbocycles. The topological polar surface area (TPSA) is 30.7 Å². The predicted molar refractivity (Wildman–Crippen MR) is 199 cm³/mol. The minimum atomic E-state index is -0.0960. The monoisotopic (exact) mass is 651 g/mol. The van der Waals surface area contributed by atoms with Crippen LogP contribution in [0, 0.1) is 0 Å². The van der Waals surface area contributed by atoms with Crippen LogP contribution in [0.3, 0.4) is 0 Å². The molecule has 2 aliphatic rings. The smallest absolute Gasteiger partial charge is 0.234 e. The van der Waals surface area contributed by atoms with Crippen molar-refractivity contribution in [2.75, 3.05) is 0 Å². The van der Waals surface area contributed by atoms with Gasteiger partial charge in [-0.25, -0.2) is 9.97 Å². The van der Waals surface area contributed by atoms with Gasteiger partial charge in [-0.3, -0.25) is 4.57 Å². The Morgan fingerprint density at radius 3 is 1.90 bits per heavy atom. The lowest BCUT2D eigenvalue weighted by Crippen LogP contribution is -2.15. The van der Waals surface area contributed by atoms with E-state index in [1.54, 1.807) is 0 Å². The summed E-state index contributed by atoms with van der Waals surface area (Å²) in [4.78, 5) is 15.1. The van der Waals surface area contributed by atoms with Gasteiger partial charge in [-0.15, -0.1) is 0 Å². The zero-order chi connectivity index (χ0) is 32.0. The van der Waals surface area contributed by atoms with Crippen molar-refractivity contribution in [2.24, 2.45) is 0 Å². The van der Waals surface area contributed by atoms with Gasteiger partial charge >= 0.3 is 0 Å². The van der Waals surface area contributed by atoms with Crippen LogP contribution < -0.4 is 0 Å². The van der Waals surface area contributed by atoms with Crippen molar-refractivity contribution in [1.82, 2.24) is 14.5 Å². The first-order valence-electron chi connectivity index (χ1n) is 16.2. The van der Waals surface area contributed by atoms with Crippen LogP contribution in [0.25, 0.3) is 61.1 Å². The molecule has 3 heterocycles. The Bertz CT molecular complexity index is 2580. The molecule has 3 nitrogen and oxygen atoms in total. The second-order valence-electron chi connectivity index (χ2n) is 13.1. The molecule has 228 valence electrons. The molecule has 0 atom stereocenters. The van der Waals surface area contributed by atoms with Crippen LogP contribution in [-0.2, 0) is 5.41 Å². The maximum atomic E-state index is 4.84. The lowest BCUT2D eigenvalue weighted by Gasteiger charge is -2.24. The summed E-state index contributed by atoms with van der Waals surface area (Å²) in [5.41, 5.74) is 12.2. The van der Waals surface area contributed by atoms with Gasteiger partial charge in [0.1, 0.15) is 0 Å². The molecule has 10 rings (SSSR count). The fourth-order valence-electron chi connectivity index (χ4n) is 7.52. The van der Waals surface area contributed by atoms with Crippen LogP contribution in [0.15, 0.2) is 159 Å². The Kier molecular flexibility index (Phi) is 6.09. The first-order valence-corrected chi connectivity index (χ1v) is 17.9. The summed E-state index contributed by atoms with van der Waals surface area (Å²) in [5, 5.41) is 2.39. The van der Waals surface area contributed by atoms with Gasteiger partial charge in [0.25, 0.3) is 0 Å². The maximum absolute atomic E-state index is 4.84. The first kappa shape index (κ1) is 28.0. The first-order chi connectivity index (χ1) is 23.5. The minimum absolute atomic E-state index is 0.0960. The summed E-state index contributed by atoms with van der Waals surface area (Å²) >= 11 is 3.79. The third-order valence-electron chi connectivity index (χ3n) is 9.98. The van der Waals surface area contributed by atoms with Crippen molar-refractivity contribution in [2.45, 2.75) is 38.8 Å². The highest BCUT2D eigenvalue weighted by atomic mass is 32.2. The van der Waals surface area contributed by atoms with Crippen LogP contribution in [-0.4, -0.2) is 14.5 Å². The summed E-state index contributed by atoms with van der Waals surface area (Å²) in [7, 11) is 0. The fraction of sp³-hybridized carbons (Fsp3) is 0.0698. The summed E-state index contributed by atoms with van der Waals surface area (Å²) in [6.07, 6.45) is 3.84. The molecule has 0 unspecified atom stereocenters. The van der Waals surface area contributed by atoms with Crippen LogP contribution in [0.5, 0.6) is 0 Å². The molecule has 48 heavy (non-hydrogen) atoms. The lowest BCUT2D eigenvalue weighted by atomic mass is 9.81. The molecule has 0 bridgehead atoms. The third-order valence-corrected chi connectivity index (χ3v) is 12.5. The normalized spacial score (nSPS) is 14.0. The lowest BCUT2D eigenvalue weighted by molar-refractivity contribution is 0.658. The van der Waals surface area contributed by atoms with Gasteiger partial charge in [0.15, 0.2) is 0 Å². The summed E-state index contributed by atoms with van der Waals surface area (Å²) in [5.74, 6) is 0.674. The maximum Gasteiger partial charge on any atom is 0.234 e. The molecule has 5 heteroatoms. The average molecular weight is 652 g/mol. The van der Waals surface area contributed by atoms with Crippen molar-refractivity contribution in [1.29, 1.82) is 0 Å². The Morgan fingerprint density at radius 2 is 1.10 bits per heavy atom. The molecule has 0 radical (unpaired) electrons. The number of fused-ring (bicyclic) bond motifs is 8. The molecule has 0 N–H and O–H groups in total. The van der Waals surface area contributed by atoms with E-state index in [2.05, 4.69) is 128 Å². The Morgan fingerprint density at radius 1 is 0.479 bits per heavy atom. The van der Waals surface area contributed by atoms with E-state index in [-0.39, 0.29) is 5.41 Å². The largest absolute Gasteiger partial charge is 0.278 e. The zero-order valence-electron chi connectivity index (χ0n) is 26.4. The van der Waals surface area contributed by atoms with E-state index in [0.717, 1.165) is 22.2 Å². The van der Waals surface area contributed by atoms with Crippen LogP contribution in [0.2, 0.25) is 0 Å². The summed E-state index contributed by atoms with van der Waals surface area (Å²) in [6, 6.07) is 46.3. The van der Waals surface area contributed by atoms with Crippen LogP contribution >= 0.6 is 23.5 Å². The van der Waals surface area contributed by atoms with Crippen molar-refractivity contribution in [3.8, 4) is 39.3 Å². The van der Waals surface area contributed by atoms with E-state index in [1.165, 1.54) is 63.7 Å². The Balaban J connectivity index is 1.06. The second kappa shape index (κ2) is 10.4. The molecule has 6 aromatic carbocycles. The molecule has 0 fully saturated rings. The molecular weight excluding hydrogens is 623 g/mol. The van der Waals surface area contributed by atoms with Gasteiger partial charge in [0.05, 0.1) is 11.0 Å². The number of hydrogen-bond donors (Lipinski definition) is 0. The molecule has 8 aromatic rings. The number of aromatic nitrogens is 3. The van der Waals surface area contributed by atoms with Gasteiger partial charge in [0.2, 0.25) is 5.95 Å². The molecular formula is C43H29N3S2. The zero-order valence-corrected chi connectivity index (χ0v) is 28.1. The Labute approximate surface area is 287 Å². The predicted octanol–water partition coefficient (Wildman–Crippen LogP) is 11.8. The highest BCUT2D eigenvalue weighted by molar-refractivity contribution is 8.05. The molecule has 0 amide bonds. The van der Waals surface area contributed by atoms with Crippen LogP contribution in [0.1, 0.15) is 25.0 Å². The summed E-state index contributed by atoms with van der Waals surface area (Å²) < 4.78 is 2.18. The van der Waals surface area contributed by atoms with E-state index < -0.39 is 0 Å². The van der Waals surface area contributed by atoms with Gasteiger partial charge < -0.3 is 0 Å². The Hall–Kier alpha value is -5.10.